The summed E-state index contributed by atoms with van der Waals surface area (Å²) < 4.78 is 11.4. The van der Waals surface area contributed by atoms with Crippen LogP contribution in [-0.4, -0.2) is 87.5 Å². The molecule has 0 bridgehead atoms. The Bertz CT molecular complexity index is 1540. The molecule has 0 aromatic heterocycles. The van der Waals surface area contributed by atoms with Gasteiger partial charge < -0.3 is 40.3 Å². The molecule has 86 heavy (non-hydrogen) atoms. The second-order valence-electron chi connectivity index (χ2n) is 26.1. The molecule has 0 spiro atoms. The topological polar surface area (TPSA) is 149 Å². The second kappa shape index (κ2) is 65.8. The van der Waals surface area contributed by atoms with Gasteiger partial charge in [0.25, 0.3) is 0 Å². The van der Waals surface area contributed by atoms with Crippen molar-refractivity contribution in [2.75, 3.05) is 13.2 Å². The molecule has 0 radical (unpaired) electrons. The van der Waals surface area contributed by atoms with E-state index in [2.05, 4.69) is 79.9 Å². The van der Waals surface area contributed by atoms with Crippen molar-refractivity contribution in [3.05, 3.63) is 60.8 Å². The zero-order valence-electron chi connectivity index (χ0n) is 56.6. The molecule has 9 nitrogen and oxygen atoms in total. The normalized spacial score (nSPS) is 18.3. The largest absolute Gasteiger partial charge is 0.394 e. The molecular weight excluding hydrogens is 1070 g/mol. The lowest BCUT2D eigenvalue weighted by Gasteiger charge is -2.40. The molecule has 1 heterocycles. The Morgan fingerprint density at radius 1 is 0.407 bits per heavy atom. The molecule has 504 valence electrons. The number of nitrogens with one attached hydrogen (secondary N) is 1. The summed E-state index contributed by atoms with van der Waals surface area (Å²) in [5.74, 6) is -0.137. The number of carbonyl (C=O) groups is 1. The molecule has 1 amide bonds. The van der Waals surface area contributed by atoms with Crippen LogP contribution in [0.2, 0.25) is 0 Å². The standard InChI is InChI=1S/C77H143NO8/c1-3-5-7-9-11-13-15-17-19-21-23-25-27-29-30-31-32-33-34-35-36-37-38-39-40-41-42-43-45-47-49-51-53-55-57-59-61-63-65-67-73(81)78-70(69-85-77-76(84)75(83)74(82)72(68-79)86-77)71(80)66-64-62-60-58-56-54-52-50-48-46-44-28-26-24-22-20-18-16-14-12-10-8-6-4-2/h5,7,11,13,17,19,23,25,29-30,70-72,74-77,79-80,82-84H,3-4,6,8-10,12,14-16,18,20-22,24,26-28,31-69H2,1-2H3,(H,78,81)/b7-5-,13-11-,19-17-,25-23-,30-29-. The van der Waals surface area contributed by atoms with Crippen LogP contribution in [0.1, 0.15) is 367 Å². The number of hydrogen-bond donors (Lipinski definition) is 6. The van der Waals surface area contributed by atoms with Crippen LogP contribution in [0.25, 0.3) is 0 Å². The van der Waals surface area contributed by atoms with Crippen LogP contribution in [0.3, 0.4) is 0 Å². The Morgan fingerprint density at radius 3 is 1.07 bits per heavy atom. The van der Waals surface area contributed by atoms with E-state index in [0.29, 0.717) is 12.8 Å². The SMILES string of the molecule is CC/C=C\C/C=C\C/C=C\C/C=C\C/C=C\CCCCCCCCCCCCCCCCCCCCCCCCCC(=O)NC(COC1OC(CO)C(O)C(O)C1O)C(O)CCCCCCCCCCCCCCCCCCCCCCCCCC. The number of amides is 1. The third-order valence-electron chi connectivity index (χ3n) is 17.9. The van der Waals surface area contributed by atoms with E-state index < -0.39 is 49.5 Å². The molecular formula is C77H143NO8. The average Bonchev–Trinajstić information content (AvgIpc) is 3.55. The summed E-state index contributed by atoms with van der Waals surface area (Å²) in [6.45, 7) is 3.78. The van der Waals surface area contributed by atoms with Crippen LogP contribution in [0.5, 0.6) is 0 Å². The van der Waals surface area contributed by atoms with Gasteiger partial charge in [-0.3, -0.25) is 4.79 Å². The number of hydrogen-bond acceptors (Lipinski definition) is 8. The van der Waals surface area contributed by atoms with E-state index in [4.69, 9.17) is 9.47 Å². The summed E-state index contributed by atoms with van der Waals surface area (Å²) in [4.78, 5) is 13.2. The van der Waals surface area contributed by atoms with Crippen molar-refractivity contribution < 1.29 is 39.8 Å². The van der Waals surface area contributed by atoms with Crippen LogP contribution >= 0.6 is 0 Å². The van der Waals surface area contributed by atoms with Crippen LogP contribution in [0.4, 0.5) is 0 Å². The second-order valence-corrected chi connectivity index (χ2v) is 26.1. The van der Waals surface area contributed by atoms with Gasteiger partial charge in [0.15, 0.2) is 6.29 Å². The van der Waals surface area contributed by atoms with E-state index in [0.717, 1.165) is 70.6 Å². The van der Waals surface area contributed by atoms with E-state index in [-0.39, 0.29) is 12.5 Å². The highest BCUT2D eigenvalue weighted by atomic mass is 16.7. The Hall–Kier alpha value is -2.11. The Morgan fingerprint density at radius 2 is 0.721 bits per heavy atom. The molecule has 7 atom stereocenters. The van der Waals surface area contributed by atoms with Crippen LogP contribution in [0.15, 0.2) is 60.8 Å². The number of aliphatic hydroxyl groups excluding tert-OH is 5. The molecule has 1 aliphatic rings. The van der Waals surface area contributed by atoms with Gasteiger partial charge >= 0.3 is 0 Å². The fourth-order valence-electron chi connectivity index (χ4n) is 12.1. The van der Waals surface area contributed by atoms with Crippen molar-refractivity contribution in [3.63, 3.8) is 0 Å². The first kappa shape index (κ1) is 81.9. The lowest BCUT2D eigenvalue weighted by atomic mass is 9.99. The van der Waals surface area contributed by atoms with Gasteiger partial charge in [-0.1, -0.05) is 364 Å². The Labute approximate surface area is 532 Å². The quantitative estimate of drug-likeness (QED) is 0.0261. The van der Waals surface area contributed by atoms with Gasteiger partial charge in [0.1, 0.15) is 24.4 Å². The molecule has 1 aliphatic heterocycles. The molecule has 0 aromatic carbocycles. The molecule has 1 rings (SSSR count). The maximum Gasteiger partial charge on any atom is 0.220 e. The summed E-state index contributed by atoms with van der Waals surface area (Å²) >= 11 is 0. The minimum absolute atomic E-state index is 0.134. The van der Waals surface area contributed by atoms with E-state index in [1.165, 1.54) is 270 Å². The van der Waals surface area contributed by atoms with Crippen LogP contribution in [-0.2, 0) is 14.3 Å². The smallest absolute Gasteiger partial charge is 0.220 e. The Kier molecular flexibility index (Phi) is 62.7. The molecule has 6 N–H and O–H groups in total. The summed E-state index contributed by atoms with van der Waals surface area (Å²) in [6, 6.07) is -0.720. The van der Waals surface area contributed by atoms with E-state index in [1.54, 1.807) is 0 Å². The van der Waals surface area contributed by atoms with E-state index in [9.17, 15) is 30.3 Å². The third kappa shape index (κ3) is 53.7. The lowest BCUT2D eigenvalue weighted by Crippen LogP contribution is -2.60. The maximum absolute atomic E-state index is 13.2. The van der Waals surface area contributed by atoms with Crippen molar-refractivity contribution in [1.29, 1.82) is 0 Å². The highest BCUT2D eigenvalue weighted by Gasteiger charge is 2.44. The fraction of sp³-hybridized carbons (Fsp3) is 0.857. The van der Waals surface area contributed by atoms with Gasteiger partial charge in [0.05, 0.1) is 25.4 Å². The molecule has 1 saturated heterocycles. The first-order chi connectivity index (χ1) is 42.3. The summed E-state index contributed by atoms with van der Waals surface area (Å²) in [7, 11) is 0. The molecule has 9 heteroatoms. The first-order valence-electron chi connectivity index (χ1n) is 37.5. The highest BCUT2D eigenvalue weighted by molar-refractivity contribution is 5.76. The Balaban J connectivity index is 2.05. The van der Waals surface area contributed by atoms with Crippen LogP contribution in [0, 0.1) is 0 Å². The number of ether oxygens (including phenoxy) is 2. The zero-order chi connectivity index (χ0) is 62.1. The molecule has 0 aromatic rings. The molecule has 7 unspecified atom stereocenters. The van der Waals surface area contributed by atoms with Gasteiger partial charge in [0.2, 0.25) is 5.91 Å². The van der Waals surface area contributed by atoms with Gasteiger partial charge in [-0.15, -0.1) is 0 Å². The van der Waals surface area contributed by atoms with E-state index >= 15 is 0 Å². The van der Waals surface area contributed by atoms with Crippen molar-refractivity contribution in [3.8, 4) is 0 Å². The summed E-state index contributed by atoms with van der Waals surface area (Å²) in [6.07, 6.45) is 84.5. The maximum atomic E-state index is 13.2. The van der Waals surface area contributed by atoms with Crippen molar-refractivity contribution in [1.82, 2.24) is 5.32 Å². The molecule has 0 aliphatic carbocycles. The van der Waals surface area contributed by atoms with E-state index in [1.807, 2.05) is 0 Å². The number of allylic oxidation sites excluding steroid dienone is 10. The number of unbranched alkanes of at least 4 members (excludes halogenated alkanes) is 46. The monoisotopic (exact) mass is 1210 g/mol. The highest BCUT2D eigenvalue weighted by Crippen LogP contribution is 2.24. The summed E-state index contributed by atoms with van der Waals surface area (Å²) in [5, 5.41) is 55.0. The fourth-order valence-corrected chi connectivity index (χ4v) is 12.1. The predicted octanol–water partition coefficient (Wildman–Crippen LogP) is 20.9. The van der Waals surface area contributed by atoms with Gasteiger partial charge in [-0.25, -0.2) is 0 Å². The number of carbonyl (C=O) groups excluding carboxylic acids is 1. The zero-order valence-corrected chi connectivity index (χ0v) is 56.6. The first-order valence-corrected chi connectivity index (χ1v) is 37.5. The van der Waals surface area contributed by atoms with Crippen molar-refractivity contribution in [2.45, 2.75) is 410 Å². The molecule has 0 saturated carbocycles. The summed E-state index contributed by atoms with van der Waals surface area (Å²) in [5.41, 5.74) is 0. The lowest BCUT2D eigenvalue weighted by molar-refractivity contribution is -0.302. The van der Waals surface area contributed by atoms with Crippen molar-refractivity contribution in [2.24, 2.45) is 0 Å². The minimum Gasteiger partial charge on any atom is -0.394 e. The average molecular weight is 1210 g/mol. The van der Waals surface area contributed by atoms with Gasteiger partial charge in [0, 0.05) is 6.42 Å². The van der Waals surface area contributed by atoms with Crippen molar-refractivity contribution >= 4 is 5.91 Å². The van der Waals surface area contributed by atoms with Crippen LogP contribution < -0.4 is 5.32 Å². The predicted molar refractivity (Wildman–Crippen MR) is 369 cm³/mol. The minimum atomic E-state index is -1.55. The molecule has 1 fully saturated rings. The number of rotatable bonds is 66. The third-order valence-corrected chi connectivity index (χ3v) is 17.9. The van der Waals surface area contributed by atoms with Gasteiger partial charge in [-0.2, -0.15) is 0 Å². The number of aliphatic hydroxyl groups is 5. The van der Waals surface area contributed by atoms with Gasteiger partial charge in [-0.05, 0) is 57.8 Å².